The summed E-state index contributed by atoms with van der Waals surface area (Å²) in [6, 6.07) is 24.7. The van der Waals surface area contributed by atoms with Crippen LogP contribution in [0, 0.1) is 0 Å². The smallest absolute Gasteiger partial charge is 0.278 e. The van der Waals surface area contributed by atoms with Gasteiger partial charge in [0.2, 0.25) is 5.91 Å². The molecule has 0 bridgehead atoms. The molecule has 0 aliphatic carbocycles. The molecule has 0 unspecified atom stereocenters. The van der Waals surface area contributed by atoms with E-state index in [-0.39, 0.29) is 22.7 Å². The molecule has 1 heterocycles. The van der Waals surface area contributed by atoms with Crippen LogP contribution in [0.4, 0.5) is 11.4 Å². The minimum absolute atomic E-state index is 0.0645. The van der Waals surface area contributed by atoms with Crippen LogP contribution in [0.1, 0.15) is 17.3 Å². The number of amides is 2. The molecule has 0 saturated carbocycles. The second-order valence-corrected chi connectivity index (χ2v) is 8.62. The standard InChI is InChI=1S/C25H21N5O3S/c1-16(22(31)26-18-12-6-3-7-13-18)34-25-28-24(33)21(29-30-25)19-14-8-9-15-20(19)27-23(32)17-10-4-2-5-11-17/h2-16H,1H3,(H,26,31)(H,27,32)(H,28,30,33)/t16-/m1/s1. The van der Waals surface area contributed by atoms with E-state index in [1.54, 1.807) is 67.6 Å². The van der Waals surface area contributed by atoms with E-state index in [1.165, 1.54) is 0 Å². The van der Waals surface area contributed by atoms with E-state index in [0.29, 0.717) is 22.5 Å². The molecule has 0 spiro atoms. The Morgan fingerprint density at radius 3 is 2.21 bits per heavy atom. The average Bonchev–Trinajstić information content (AvgIpc) is 2.86. The number of H-pyrrole nitrogens is 1. The van der Waals surface area contributed by atoms with Crippen LogP contribution in [0.2, 0.25) is 0 Å². The van der Waals surface area contributed by atoms with Crippen LogP contribution >= 0.6 is 11.8 Å². The fourth-order valence-electron chi connectivity index (χ4n) is 3.12. The second kappa shape index (κ2) is 10.6. The number of thioether (sulfide) groups is 1. The topological polar surface area (TPSA) is 117 Å². The number of nitrogens with zero attached hydrogens (tertiary/aromatic N) is 2. The number of carbonyl (C=O) groups excluding carboxylic acids is 2. The van der Waals surface area contributed by atoms with Crippen LogP contribution in [0.3, 0.4) is 0 Å². The van der Waals surface area contributed by atoms with Gasteiger partial charge < -0.3 is 10.6 Å². The lowest BCUT2D eigenvalue weighted by Crippen LogP contribution is -2.23. The summed E-state index contributed by atoms with van der Waals surface area (Å²) in [4.78, 5) is 40.5. The molecule has 1 atom stereocenters. The Hall–Kier alpha value is -4.24. The maximum atomic E-state index is 12.8. The van der Waals surface area contributed by atoms with Crippen molar-refractivity contribution in [3.63, 3.8) is 0 Å². The molecule has 8 nitrogen and oxygen atoms in total. The van der Waals surface area contributed by atoms with E-state index in [9.17, 15) is 14.4 Å². The number of carbonyl (C=O) groups is 2. The monoisotopic (exact) mass is 471 g/mol. The van der Waals surface area contributed by atoms with E-state index >= 15 is 0 Å². The summed E-state index contributed by atoms with van der Waals surface area (Å²) in [5.41, 5.74) is 1.64. The van der Waals surface area contributed by atoms with Crippen molar-refractivity contribution in [2.24, 2.45) is 0 Å². The molecule has 4 rings (SSSR count). The Morgan fingerprint density at radius 2 is 1.50 bits per heavy atom. The Labute approximate surface area is 199 Å². The van der Waals surface area contributed by atoms with Gasteiger partial charge in [-0.15, -0.1) is 10.2 Å². The molecule has 0 saturated heterocycles. The minimum Gasteiger partial charge on any atom is -0.325 e. The van der Waals surface area contributed by atoms with Gasteiger partial charge in [0.05, 0.1) is 10.9 Å². The van der Waals surface area contributed by atoms with Gasteiger partial charge in [-0.2, -0.15) is 0 Å². The molecule has 3 aromatic carbocycles. The third-order valence-corrected chi connectivity index (χ3v) is 5.82. The van der Waals surface area contributed by atoms with Crippen molar-refractivity contribution in [2.45, 2.75) is 17.3 Å². The minimum atomic E-state index is -0.520. The van der Waals surface area contributed by atoms with Gasteiger partial charge >= 0.3 is 0 Å². The molecule has 1 aromatic heterocycles. The molecule has 2 amide bonds. The SMILES string of the molecule is C[C@@H](Sc1nnc(-c2ccccc2NC(=O)c2ccccc2)c(=O)[nH]1)C(=O)Nc1ccccc1. The number of rotatable bonds is 7. The van der Waals surface area contributed by atoms with Crippen molar-refractivity contribution >= 4 is 35.0 Å². The second-order valence-electron chi connectivity index (χ2n) is 7.29. The molecule has 34 heavy (non-hydrogen) atoms. The zero-order valence-corrected chi connectivity index (χ0v) is 19.0. The quantitative estimate of drug-likeness (QED) is 0.348. The molecule has 0 aliphatic heterocycles. The highest BCUT2D eigenvalue weighted by atomic mass is 32.2. The number of anilines is 2. The van der Waals surface area contributed by atoms with Crippen molar-refractivity contribution in [3.8, 4) is 11.3 Å². The van der Waals surface area contributed by atoms with Crippen molar-refractivity contribution in [1.82, 2.24) is 15.2 Å². The highest BCUT2D eigenvalue weighted by molar-refractivity contribution is 8.00. The first-order valence-electron chi connectivity index (χ1n) is 10.5. The van der Waals surface area contributed by atoms with Gasteiger partial charge in [0.25, 0.3) is 11.5 Å². The molecule has 0 aliphatic rings. The summed E-state index contributed by atoms with van der Waals surface area (Å²) in [7, 11) is 0. The first-order valence-corrected chi connectivity index (χ1v) is 11.3. The van der Waals surface area contributed by atoms with Crippen molar-refractivity contribution in [3.05, 3.63) is 101 Å². The number of para-hydroxylation sites is 2. The third kappa shape index (κ3) is 5.57. The van der Waals surface area contributed by atoms with E-state index in [2.05, 4.69) is 25.8 Å². The highest BCUT2D eigenvalue weighted by Gasteiger charge is 2.18. The van der Waals surface area contributed by atoms with Crippen LogP contribution < -0.4 is 16.2 Å². The summed E-state index contributed by atoms with van der Waals surface area (Å²) < 4.78 is 0. The fraction of sp³-hybridized carbons (Fsp3) is 0.0800. The normalized spacial score (nSPS) is 11.4. The number of hydrogen-bond donors (Lipinski definition) is 3. The Morgan fingerprint density at radius 1 is 0.853 bits per heavy atom. The summed E-state index contributed by atoms with van der Waals surface area (Å²) >= 11 is 1.09. The van der Waals surface area contributed by atoms with Gasteiger partial charge in [-0.05, 0) is 37.3 Å². The van der Waals surface area contributed by atoms with E-state index < -0.39 is 10.8 Å². The molecule has 170 valence electrons. The van der Waals surface area contributed by atoms with Crippen molar-refractivity contribution in [1.29, 1.82) is 0 Å². The summed E-state index contributed by atoms with van der Waals surface area (Å²) in [5, 5.41) is 13.5. The molecular formula is C25H21N5O3S. The third-order valence-electron chi connectivity index (χ3n) is 4.84. The molecular weight excluding hydrogens is 450 g/mol. The van der Waals surface area contributed by atoms with Gasteiger partial charge in [0.15, 0.2) is 10.9 Å². The van der Waals surface area contributed by atoms with Gasteiger partial charge in [-0.25, -0.2) is 0 Å². The van der Waals surface area contributed by atoms with Gasteiger partial charge in [-0.3, -0.25) is 19.4 Å². The lowest BCUT2D eigenvalue weighted by Gasteiger charge is -2.12. The number of hydrogen-bond acceptors (Lipinski definition) is 6. The van der Waals surface area contributed by atoms with Crippen LogP contribution in [0.25, 0.3) is 11.3 Å². The summed E-state index contributed by atoms with van der Waals surface area (Å²) in [5.74, 6) is -0.528. The van der Waals surface area contributed by atoms with Crippen molar-refractivity contribution in [2.75, 3.05) is 10.6 Å². The predicted molar refractivity (Wildman–Crippen MR) is 133 cm³/mol. The van der Waals surface area contributed by atoms with E-state index in [4.69, 9.17) is 0 Å². The first kappa shape index (κ1) is 22.9. The Kier molecular flexibility index (Phi) is 7.14. The molecule has 4 aromatic rings. The maximum absolute atomic E-state index is 12.8. The zero-order valence-electron chi connectivity index (χ0n) is 18.2. The predicted octanol–water partition coefficient (Wildman–Crippen LogP) is 4.20. The first-order chi connectivity index (χ1) is 16.5. The lowest BCUT2D eigenvalue weighted by molar-refractivity contribution is -0.115. The van der Waals surface area contributed by atoms with Crippen LogP contribution in [-0.2, 0) is 4.79 Å². The highest BCUT2D eigenvalue weighted by Crippen LogP contribution is 2.25. The van der Waals surface area contributed by atoms with E-state index in [1.807, 2.05) is 24.3 Å². The zero-order chi connectivity index (χ0) is 23.9. The fourth-order valence-corrected chi connectivity index (χ4v) is 3.86. The number of benzene rings is 3. The number of nitrogens with one attached hydrogen (secondary N) is 3. The largest absolute Gasteiger partial charge is 0.325 e. The average molecular weight is 472 g/mol. The molecule has 0 radical (unpaired) electrons. The van der Waals surface area contributed by atoms with Crippen LogP contribution in [-0.4, -0.2) is 32.2 Å². The number of aromatic nitrogens is 3. The molecule has 0 fully saturated rings. The molecule has 3 N–H and O–H groups in total. The van der Waals surface area contributed by atoms with Crippen LogP contribution in [0.5, 0.6) is 0 Å². The van der Waals surface area contributed by atoms with E-state index in [0.717, 1.165) is 11.8 Å². The van der Waals surface area contributed by atoms with Crippen LogP contribution in [0.15, 0.2) is 94.9 Å². The number of aromatic amines is 1. The van der Waals surface area contributed by atoms with Gasteiger partial charge in [0, 0.05) is 16.8 Å². The molecule has 9 heteroatoms. The Balaban J connectivity index is 1.50. The maximum Gasteiger partial charge on any atom is 0.278 e. The summed E-state index contributed by atoms with van der Waals surface area (Å²) in [6.07, 6.45) is 0. The van der Waals surface area contributed by atoms with Gasteiger partial charge in [-0.1, -0.05) is 66.4 Å². The van der Waals surface area contributed by atoms with Gasteiger partial charge in [0.1, 0.15) is 0 Å². The van der Waals surface area contributed by atoms with Crippen molar-refractivity contribution < 1.29 is 9.59 Å². The Bertz CT molecular complexity index is 1360. The lowest BCUT2D eigenvalue weighted by atomic mass is 10.1. The summed E-state index contributed by atoms with van der Waals surface area (Å²) in [6.45, 7) is 1.71.